The molecule has 1 amide bonds. The molecule has 1 rings (SSSR count). The smallest absolute Gasteiger partial charge is 0.287 e. The van der Waals surface area contributed by atoms with E-state index >= 15 is 0 Å². The van der Waals surface area contributed by atoms with Crippen molar-refractivity contribution < 1.29 is 9.21 Å². The lowest BCUT2D eigenvalue weighted by atomic mass is 10.2. The predicted octanol–water partition coefficient (Wildman–Crippen LogP) is 2.02. The molecule has 15 heavy (non-hydrogen) atoms. The Morgan fingerprint density at radius 1 is 1.73 bits per heavy atom. The molecule has 0 aliphatic carbocycles. The SMILES string of the molecule is Cc1ccoc1C(=O)NCCCN=[N+]=[N-]. The van der Waals surface area contributed by atoms with Crippen LogP contribution in [0.4, 0.5) is 0 Å². The van der Waals surface area contributed by atoms with Crippen molar-refractivity contribution in [3.8, 4) is 0 Å². The molecule has 0 fully saturated rings. The van der Waals surface area contributed by atoms with Crippen molar-refractivity contribution in [1.29, 1.82) is 0 Å². The van der Waals surface area contributed by atoms with Gasteiger partial charge in [-0.3, -0.25) is 4.79 Å². The molecular weight excluding hydrogens is 196 g/mol. The molecule has 6 nitrogen and oxygen atoms in total. The number of furan rings is 1. The van der Waals surface area contributed by atoms with Crippen molar-refractivity contribution in [3.05, 3.63) is 34.1 Å². The lowest BCUT2D eigenvalue weighted by Gasteiger charge is -2.01. The van der Waals surface area contributed by atoms with Crippen molar-refractivity contribution in [2.75, 3.05) is 13.1 Å². The van der Waals surface area contributed by atoms with E-state index in [0.717, 1.165) is 5.56 Å². The number of amides is 1. The fraction of sp³-hybridized carbons (Fsp3) is 0.444. The maximum Gasteiger partial charge on any atom is 0.287 e. The van der Waals surface area contributed by atoms with Crippen molar-refractivity contribution in [3.63, 3.8) is 0 Å². The van der Waals surface area contributed by atoms with Crippen LogP contribution in [0.2, 0.25) is 0 Å². The van der Waals surface area contributed by atoms with Crippen molar-refractivity contribution >= 4 is 5.91 Å². The summed E-state index contributed by atoms with van der Waals surface area (Å²) in [4.78, 5) is 14.1. The first-order valence-electron chi connectivity index (χ1n) is 4.59. The molecule has 0 aliphatic heterocycles. The van der Waals surface area contributed by atoms with E-state index in [1.165, 1.54) is 6.26 Å². The summed E-state index contributed by atoms with van der Waals surface area (Å²) in [6.07, 6.45) is 2.10. The third kappa shape index (κ3) is 3.36. The van der Waals surface area contributed by atoms with E-state index in [9.17, 15) is 4.79 Å². The molecule has 0 aliphatic rings. The predicted molar refractivity (Wildman–Crippen MR) is 54.4 cm³/mol. The van der Waals surface area contributed by atoms with Gasteiger partial charge in [0.25, 0.3) is 5.91 Å². The molecule has 0 saturated carbocycles. The molecule has 0 atom stereocenters. The highest BCUT2D eigenvalue weighted by Gasteiger charge is 2.10. The standard InChI is InChI=1S/C9H12N4O2/c1-7-3-6-15-8(7)9(14)11-4-2-5-12-13-10/h3,6H,2,4-5H2,1H3,(H,11,14). The summed E-state index contributed by atoms with van der Waals surface area (Å²) < 4.78 is 5.01. The molecule has 0 spiro atoms. The zero-order valence-electron chi connectivity index (χ0n) is 8.43. The first-order valence-corrected chi connectivity index (χ1v) is 4.59. The summed E-state index contributed by atoms with van der Waals surface area (Å²) in [7, 11) is 0. The Morgan fingerprint density at radius 3 is 3.13 bits per heavy atom. The van der Waals surface area contributed by atoms with E-state index in [1.54, 1.807) is 13.0 Å². The second-order valence-electron chi connectivity index (χ2n) is 3.00. The average Bonchev–Trinajstić information content (AvgIpc) is 2.64. The molecule has 0 radical (unpaired) electrons. The molecule has 1 heterocycles. The lowest BCUT2D eigenvalue weighted by Crippen LogP contribution is -2.24. The molecule has 1 aromatic rings. The Morgan fingerprint density at radius 2 is 2.53 bits per heavy atom. The van der Waals surface area contributed by atoms with Crippen LogP contribution < -0.4 is 5.32 Å². The Labute approximate surface area is 86.9 Å². The quantitative estimate of drug-likeness (QED) is 0.347. The Balaban J connectivity index is 2.31. The van der Waals surface area contributed by atoms with E-state index < -0.39 is 0 Å². The first-order chi connectivity index (χ1) is 7.25. The summed E-state index contributed by atoms with van der Waals surface area (Å²) in [6, 6.07) is 1.73. The molecule has 6 heteroatoms. The van der Waals surface area contributed by atoms with Gasteiger partial charge in [-0.2, -0.15) is 0 Å². The van der Waals surface area contributed by atoms with E-state index in [1.807, 2.05) is 0 Å². The fourth-order valence-corrected chi connectivity index (χ4v) is 1.08. The normalized spacial score (nSPS) is 9.40. The number of hydrogen-bond donors (Lipinski definition) is 1. The molecule has 1 aromatic heterocycles. The monoisotopic (exact) mass is 208 g/mol. The lowest BCUT2D eigenvalue weighted by molar-refractivity contribution is 0.0925. The number of rotatable bonds is 5. The van der Waals surface area contributed by atoms with E-state index in [4.69, 9.17) is 9.95 Å². The van der Waals surface area contributed by atoms with Gasteiger partial charge in [-0.25, -0.2) is 0 Å². The third-order valence-electron chi connectivity index (χ3n) is 1.85. The Bertz CT molecular complexity index is 379. The minimum Gasteiger partial charge on any atom is -0.459 e. The van der Waals surface area contributed by atoms with E-state index in [-0.39, 0.29) is 5.91 Å². The van der Waals surface area contributed by atoms with Crippen LogP contribution in [0, 0.1) is 6.92 Å². The number of hydrogen-bond acceptors (Lipinski definition) is 3. The third-order valence-corrected chi connectivity index (χ3v) is 1.85. The number of aryl methyl sites for hydroxylation is 1. The molecule has 0 aromatic carbocycles. The highest BCUT2D eigenvalue weighted by atomic mass is 16.3. The van der Waals surface area contributed by atoms with Gasteiger partial charge in [0.05, 0.1) is 6.26 Å². The Hall–Kier alpha value is -1.94. The van der Waals surface area contributed by atoms with E-state index in [2.05, 4.69) is 15.3 Å². The van der Waals surface area contributed by atoms with Crippen molar-refractivity contribution in [2.24, 2.45) is 5.11 Å². The van der Waals surface area contributed by atoms with Crippen LogP contribution in [0.1, 0.15) is 22.5 Å². The summed E-state index contributed by atoms with van der Waals surface area (Å²) >= 11 is 0. The van der Waals surface area contributed by atoms with Crippen LogP contribution in [0.15, 0.2) is 21.9 Å². The molecule has 0 bridgehead atoms. The minimum atomic E-state index is -0.238. The zero-order valence-corrected chi connectivity index (χ0v) is 8.43. The van der Waals surface area contributed by atoms with Crippen LogP contribution in [0.3, 0.4) is 0 Å². The highest BCUT2D eigenvalue weighted by molar-refractivity contribution is 5.92. The van der Waals surface area contributed by atoms with E-state index in [0.29, 0.717) is 25.3 Å². The van der Waals surface area contributed by atoms with Crippen molar-refractivity contribution in [1.82, 2.24) is 5.32 Å². The topological polar surface area (TPSA) is 91.0 Å². The summed E-state index contributed by atoms with van der Waals surface area (Å²) in [5, 5.41) is 6.02. The largest absolute Gasteiger partial charge is 0.459 e. The van der Waals surface area contributed by atoms with Gasteiger partial charge < -0.3 is 9.73 Å². The number of carbonyl (C=O) groups is 1. The van der Waals surface area contributed by atoms with Gasteiger partial charge >= 0.3 is 0 Å². The number of carbonyl (C=O) groups excluding carboxylic acids is 1. The van der Waals surface area contributed by atoms with Crippen LogP contribution in [0.25, 0.3) is 10.4 Å². The number of nitrogens with one attached hydrogen (secondary N) is 1. The van der Waals surface area contributed by atoms with Crippen molar-refractivity contribution in [2.45, 2.75) is 13.3 Å². The van der Waals surface area contributed by atoms with Gasteiger partial charge in [0, 0.05) is 23.6 Å². The molecule has 0 saturated heterocycles. The average molecular weight is 208 g/mol. The molecule has 0 unspecified atom stereocenters. The van der Waals surface area contributed by atoms with Crippen LogP contribution in [-0.2, 0) is 0 Å². The maximum absolute atomic E-state index is 11.5. The van der Waals surface area contributed by atoms with Gasteiger partial charge in [0.1, 0.15) is 0 Å². The summed E-state index contributed by atoms with van der Waals surface area (Å²) in [6.45, 7) is 2.66. The van der Waals surface area contributed by atoms with Gasteiger partial charge in [-0.1, -0.05) is 5.11 Å². The van der Waals surface area contributed by atoms with Gasteiger partial charge in [0.2, 0.25) is 0 Å². The zero-order chi connectivity index (χ0) is 11.1. The summed E-state index contributed by atoms with van der Waals surface area (Å²) in [5.74, 6) is 0.0946. The molecular formula is C9H12N4O2. The van der Waals surface area contributed by atoms with Crippen LogP contribution in [0.5, 0.6) is 0 Å². The minimum absolute atomic E-state index is 0.238. The summed E-state index contributed by atoms with van der Waals surface area (Å²) in [5.41, 5.74) is 8.83. The number of azide groups is 1. The Kier molecular flexibility index (Phi) is 4.25. The first kappa shape index (κ1) is 11.1. The fourth-order valence-electron chi connectivity index (χ4n) is 1.08. The second kappa shape index (κ2) is 5.72. The second-order valence-corrected chi connectivity index (χ2v) is 3.00. The maximum atomic E-state index is 11.5. The number of nitrogens with zero attached hydrogens (tertiary/aromatic N) is 3. The molecule has 1 N–H and O–H groups in total. The van der Waals surface area contributed by atoms with Crippen LogP contribution >= 0.6 is 0 Å². The van der Waals surface area contributed by atoms with Gasteiger partial charge in [-0.05, 0) is 24.9 Å². The highest BCUT2D eigenvalue weighted by Crippen LogP contribution is 2.07. The van der Waals surface area contributed by atoms with Gasteiger partial charge in [0.15, 0.2) is 5.76 Å². The van der Waals surface area contributed by atoms with Gasteiger partial charge in [-0.15, -0.1) is 0 Å². The molecule has 80 valence electrons. The van der Waals surface area contributed by atoms with Crippen LogP contribution in [-0.4, -0.2) is 19.0 Å².